The summed E-state index contributed by atoms with van der Waals surface area (Å²) in [4.78, 5) is 87.2. The normalized spacial score (nSPS) is 19.2. The first-order chi connectivity index (χ1) is 38.9. The van der Waals surface area contributed by atoms with Crippen molar-refractivity contribution in [3.05, 3.63) is 125 Å². The quantitative estimate of drug-likeness (QED) is 0.0601. The number of piperidine rings is 1. The van der Waals surface area contributed by atoms with E-state index in [1.54, 1.807) is 0 Å². The number of anilines is 3. The van der Waals surface area contributed by atoms with Gasteiger partial charge in [-0.15, -0.1) is 0 Å². The van der Waals surface area contributed by atoms with Gasteiger partial charge in [-0.1, -0.05) is 53.8 Å². The van der Waals surface area contributed by atoms with Gasteiger partial charge in [0.25, 0.3) is 5.91 Å². The Kier molecular flexibility index (Phi) is 15.7. The van der Waals surface area contributed by atoms with Crippen LogP contribution in [0.15, 0.2) is 91.0 Å². The van der Waals surface area contributed by atoms with E-state index in [4.69, 9.17) is 19.6 Å². The lowest BCUT2D eigenvalue weighted by Gasteiger charge is -2.45. The fourth-order valence-electron chi connectivity index (χ4n) is 12.1. The van der Waals surface area contributed by atoms with Gasteiger partial charge in [-0.3, -0.25) is 39.4 Å². The number of nitrogens with one attached hydrogen (secondary N) is 2. The summed E-state index contributed by atoms with van der Waals surface area (Å²) in [5.74, 6) is -0.226. The summed E-state index contributed by atoms with van der Waals surface area (Å²) in [5, 5.41) is 11.7. The largest absolute Gasteiger partial charge is 0.494 e. The maximum Gasteiger partial charge on any atom is 0.358 e. The lowest BCUT2D eigenvalue weighted by Crippen LogP contribution is -2.60. The lowest BCUT2D eigenvalue weighted by molar-refractivity contribution is -0.135. The van der Waals surface area contributed by atoms with Crippen LogP contribution in [0.5, 0.6) is 5.75 Å². The zero-order valence-electron chi connectivity index (χ0n) is 47.3. The summed E-state index contributed by atoms with van der Waals surface area (Å²) < 4.78 is 15.1. The lowest BCUT2D eigenvalue weighted by atomic mass is 9.92. The van der Waals surface area contributed by atoms with E-state index >= 15 is 0 Å². The first kappa shape index (κ1) is 55.2. The van der Waals surface area contributed by atoms with Gasteiger partial charge in [-0.2, -0.15) is 5.10 Å². The topological polar surface area (TPSA) is 188 Å². The smallest absolute Gasteiger partial charge is 0.358 e. The van der Waals surface area contributed by atoms with Crippen molar-refractivity contribution in [2.45, 2.75) is 97.4 Å². The van der Waals surface area contributed by atoms with Crippen molar-refractivity contribution < 1.29 is 33.4 Å². The number of pyridine rings is 1. The van der Waals surface area contributed by atoms with Gasteiger partial charge in [0.2, 0.25) is 17.7 Å². The van der Waals surface area contributed by atoms with Crippen LogP contribution in [-0.2, 0) is 39.1 Å². The molecule has 3 saturated heterocycles. The van der Waals surface area contributed by atoms with Crippen LogP contribution >= 0.6 is 11.3 Å². The van der Waals surface area contributed by atoms with Gasteiger partial charge in [0.1, 0.15) is 17.2 Å². The summed E-state index contributed by atoms with van der Waals surface area (Å²) in [6.45, 7) is 19.2. The number of esters is 1. The number of ether oxygens (including phenoxy) is 2. The number of imide groups is 1. The molecule has 4 aromatic carbocycles. The van der Waals surface area contributed by atoms with Gasteiger partial charge in [0.05, 0.1) is 46.2 Å². The minimum atomic E-state index is -0.745. The van der Waals surface area contributed by atoms with Crippen molar-refractivity contribution in [3.63, 3.8) is 0 Å². The van der Waals surface area contributed by atoms with Crippen LogP contribution in [0.25, 0.3) is 32.2 Å². The van der Waals surface area contributed by atoms with Crippen LogP contribution < -0.4 is 25.2 Å². The number of benzene rings is 4. The van der Waals surface area contributed by atoms with E-state index in [9.17, 15) is 24.0 Å². The summed E-state index contributed by atoms with van der Waals surface area (Å²) in [6.07, 6.45) is 2.28. The highest BCUT2D eigenvalue weighted by molar-refractivity contribution is 7.22. The number of piperazine rings is 2. The van der Waals surface area contributed by atoms with E-state index in [0.29, 0.717) is 99.5 Å². The Morgan fingerprint density at radius 3 is 2.36 bits per heavy atom. The molecule has 7 aromatic rings. The Morgan fingerprint density at radius 1 is 0.840 bits per heavy atom. The number of rotatable bonds is 14. The predicted molar refractivity (Wildman–Crippen MR) is 315 cm³/mol. The Morgan fingerprint density at radius 2 is 1.60 bits per heavy atom. The number of carbonyl (C=O) groups excluding carboxylic acids is 5. The van der Waals surface area contributed by atoms with Crippen LogP contribution in [0.2, 0.25) is 0 Å². The fraction of sp³-hybridized carbons (Fsp3) is 0.419. The number of aryl methyl sites for hydroxylation is 2. The number of para-hydroxylation sites is 2. The van der Waals surface area contributed by atoms with Gasteiger partial charge in [-0.25, -0.2) is 14.8 Å². The Hall–Kier alpha value is -7.74. The summed E-state index contributed by atoms with van der Waals surface area (Å²) in [5.41, 5.74) is 8.04. The molecule has 19 heteroatoms. The molecule has 18 nitrogen and oxygen atoms in total. The zero-order valence-corrected chi connectivity index (χ0v) is 48.1. The van der Waals surface area contributed by atoms with Crippen LogP contribution in [0.3, 0.4) is 0 Å². The molecule has 3 aromatic heterocycles. The number of carbonyl (C=O) groups is 5. The Labute approximate surface area is 476 Å². The summed E-state index contributed by atoms with van der Waals surface area (Å²) >= 11 is 1.44. The molecule has 4 aliphatic heterocycles. The first-order valence-corrected chi connectivity index (χ1v) is 29.1. The van der Waals surface area contributed by atoms with E-state index in [-0.39, 0.29) is 41.4 Å². The minimum Gasteiger partial charge on any atom is -0.494 e. The second-order valence-electron chi connectivity index (χ2n) is 23.0. The highest BCUT2D eigenvalue weighted by Gasteiger charge is 2.35. The van der Waals surface area contributed by atoms with Gasteiger partial charge >= 0.3 is 5.97 Å². The molecule has 7 heterocycles. The third-order valence-electron chi connectivity index (χ3n) is 16.1. The summed E-state index contributed by atoms with van der Waals surface area (Å²) in [7, 11) is 1.90. The molecule has 3 fully saturated rings. The molecule has 4 aliphatic rings. The molecule has 3 atom stereocenters. The van der Waals surface area contributed by atoms with Crippen LogP contribution in [0, 0.1) is 6.92 Å². The number of aromatic nitrogens is 4. The molecule has 0 radical (unpaired) electrons. The second kappa shape index (κ2) is 23.0. The van der Waals surface area contributed by atoms with Gasteiger partial charge in [0.15, 0.2) is 10.8 Å². The van der Waals surface area contributed by atoms with Crippen molar-refractivity contribution in [2.24, 2.45) is 7.05 Å². The maximum atomic E-state index is 14.0. The van der Waals surface area contributed by atoms with Gasteiger partial charge in [-0.05, 0) is 132 Å². The van der Waals surface area contributed by atoms with Gasteiger partial charge in [0, 0.05) is 101 Å². The molecule has 1 unspecified atom stereocenters. The molecule has 0 spiro atoms. The SMILES string of the molecule is Cc1cc(OCCCN2C[C@@H](C)N(CC(=O)N3CCN(c4cccc5c(C6CCC(=O)NC6=O)nn(C)c45)CC3)[C@@H](C)C2)ccc1-c1ccc(N2CCc3cccc(C(=O)Nc4nc5ccccc5s4)c3C2)nc1C(=O)OC(C)(C)C. The Balaban J connectivity index is 0.675. The molecule has 4 amide bonds. The minimum absolute atomic E-state index is 0.147. The van der Waals surface area contributed by atoms with Crippen LogP contribution in [0.1, 0.15) is 103 Å². The molecule has 2 N–H and O–H groups in total. The number of hydrogen-bond donors (Lipinski definition) is 2. The standard InChI is InChI=1S/C62H71N11O7S/c1-38-33-42(19-20-43(38)44-21-23-52(64-56(44)60(78)80-62(4,5)6)72-27-25-41-13-10-14-45(48(41)36-72)58(76)66-61-63-49-16-8-9-18-51(49)81-61)79-32-12-26-69-34-39(2)73(40(3)35-69)37-54(75)71-30-28-70(29-31-71)50-17-11-15-46-55(67-68(7)57(46)50)47-22-24-53(74)65-59(47)77/h8-11,13-21,23,33,39-40,47H,12,22,24-32,34-37H2,1-7H3,(H,63,66,76)(H,65,74,77)/t39-,40+,47?. The fourth-order valence-corrected chi connectivity index (χ4v) is 13.0. The number of nitrogens with zero attached hydrogens (tertiary/aromatic N) is 9. The van der Waals surface area contributed by atoms with E-state index in [1.807, 2.05) is 123 Å². The van der Waals surface area contributed by atoms with Crippen LogP contribution in [0.4, 0.5) is 16.6 Å². The predicted octanol–water partition coefficient (Wildman–Crippen LogP) is 8.36. The van der Waals surface area contributed by atoms with Crippen LogP contribution in [-0.4, -0.2) is 147 Å². The maximum absolute atomic E-state index is 14.0. The average molecular weight is 1110 g/mol. The molecule has 11 rings (SSSR count). The van der Waals surface area contributed by atoms with Crippen molar-refractivity contribution in [1.82, 2.24) is 39.8 Å². The number of hydrogen-bond acceptors (Lipinski definition) is 15. The van der Waals surface area contributed by atoms with Crippen molar-refractivity contribution in [3.8, 4) is 16.9 Å². The molecular formula is C62H71N11O7S. The van der Waals surface area contributed by atoms with E-state index < -0.39 is 17.5 Å². The van der Waals surface area contributed by atoms with Crippen molar-refractivity contribution in [1.29, 1.82) is 0 Å². The van der Waals surface area contributed by atoms with E-state index in [2.05, 4.69) is 61.2 Å². The highest BCUT2D eigenvalue weighted by atomic mass is 32.1. The molecule has 422 valence electrons. The van der Waals surface area contributed by atoms with E-state index in [0.717, 1.165) is 80.9 Å². The summed E-state index contributed by atoms with van der Waals surface area (Å²) in [6, 6.07) is 30.0. The number of fused-ring (bicyclic) bond motifs is 3. The number of amides is 4. The Bertz CT molecular complexity index is 3520. The van der Waals surface area contributed by atoms with Gasteiger partial charge < -0.3 is 29.1 Å². The number of thiazole rings is 1. The highest BCUT2D eigenvalue weighted by Crippen LogP contribution is 2.37. The zero-order chi connectivity index (χ0) is 56.7. The monoisotopic (exact) mass is 1110 g/mol. The third-order valence-corrected chi connectivity index (χ3v) is 17.1. The average Bonchev–Trinajstić information content (AvgIpc) is 4.09. The molecular weight excluding hydrogens is 1040 g/mol. The third kappa shape index (κ3) is 11.9. The van der Waals surface area contributed by atoms with E-state index in [1.165, 1.54) is 11.3 Å². The molecule has 0 aliphatic carbocycles. The second-order valence-corrected chi connectivity index (χ2v) is 24.0. The first-order valence-electron chi connectivity index (χ1n) is 28.3. The van der Waals surface area contributed by atoms with Crippen molar-refractivity contribution in [2.75, 3.05) is 80.6 Å². The molecule has 81 heavy (non-hydrogen) atoms. The molecule has 0 saturated carbocycles. The van der Waals surface area contributed by atoms with Crippen molar-refractivity contribution >= 4 is 78.7 Å². The molecule has 0 bridgehead atoms.